The summed E-state index contributed by atoms with van der Waals surface area (Å²) in [4.78, 5) is 27.3. The second kappa shape index (κ2) is 9.65. The van der Waals surface area contributed by atoms with E-state index < -0.39 is 29.1 Å². The lowest BCUT2D eigenvalue weighted by atomic mass is 9.81. The minimum absolute atomic E-state index is 0.255. The third kappa shape index (κ3) is 5.45. The molecule has 1 aliphatic heterocycles. The molecule has 33 heavy (non-hydrogen) atoms. The lowest BCUT2D eigenvalue weighted by Crippen LogP contribution is -2.45. The molecule has 2 unspecified atom stereocenters. The highest BCUT2D eigenvalue weighted by Gasteiger charge is 2.53. The first-order valence-corrected chi connectivity index (χ1v) is 11.2. The van der Waals surface area contributed by atoms with Crippen LogP contribution < -0.4 is 0 Å². The molecule has 176 valence electrons. The van der Waals surface area contributed by atoms with Crippen molar-refractivity contribution in [3.63, 3.8) is 0 Å². The number of halogens is 2. The lowest BCUT2D eigenvalue weighted by Gasteiger charge is -2.28. The molecule has 0 saturated carbocycles. The summed E-state index contributed by atoms with van der Waals surface area (Å²) in [6.07, 6.45) is 1.78. The van der Waals surface area contributed by atoms with E-state index in [1.807, 2.05) is 12.1 Å². The van der Waals surface area contributed by atoms with Gasteiger partial charge in [-0.2, -0.15) is 0 Å². The van der Waals surface area contributed by atoms with Crippen LogP contribution in [0.15, 0.2) is 55.1 Å². The summed E-state index contributed by atoms with van der Waals surface area (Å²) >= 11 is 6.01. The van der Waals surface area contributed by atoms with Crippen molar-refractivity contribution in [3.8, 4) is 11.1 Å². The molecule has 2 aromatic carbocycles. The average molecular weight is 474 g/mol. The fraction of sp³-hybridized carbons (Fsp3) is 0.385. The van der Waals surface area contributed by atoms with Gasteiger partial charge >= 0.3 is 6.09 Å². The highest BCUT2D eigenvalue weighted by Crippen LogP contribution is 2.41. The van der Waals surface area contributed by atoms with Crippen LogP contribution in [0.1, 0.15) is 39.2 Å². The number of hydrogen-bond acceptors (Lipinski definition) is 4. The summed E-state index contributed by atoms with van der Waals surface area (Å²) in [7, 11) is 0. The fourth-order valence-electron chi connectivity index (χ4n) is 4.21. The summed E-state index contributed by atoms with van der Waals surface area (Å²) in [5, 5.41) is 10.5. The number of imide groups is 1. The number of likely N-dealkylation sites (tertiary alicyclic amines) is 1. The number of hydrogen-bond donors (Lipinski definition) is 1. The predicted molar refractivity (Wildman–Crippen MR) is 126 cm³/mol. The quantitative estimate of drug-likeness (QED) is 0.540. The molecule has 7 heteroatoms. The van der Waals surface area contributed by atoms with Crippen LogP contribution in [0.25, 0.3) is 11.1 Å². The van der Waals surface area contributed by atoms with Crippen molar-refractivity contribution >= 4 is 23.6 Å². The van der Waals surface area contributed by atoms with E-state index in [0.29, 0.717) is 22.6 Å². The van der Waals surface area contributed by atoms with Gasteiger partial charge in [0.25, 0.3) is 0 Å². The van der Waals surface area contributed by atoms with Crippen molar-refractivity contribution in [2.75, 3.05) is 6.61 Å². The van der Waals surface area contributed by atoms with Gasteiger partial charge in [0, 0.05) is 16.6 Å². The van der Waals surface area contributed by atoms with Gasteiger partial charge in [-0.3, -0.25) is 4.79 Å². The van der Waals surface area contributed by atoms with Gasteiger partial charge in [-0.05, 0) is 69.4 Å². The van der Waals surface area contributed by atoms with Crippen molar-refractivity contribution < 1.29 is 23.8 Å². The Bertz CT molecular complexity index is 1050. The van der Waals surface area contributed by atoms with E-state index in [2.05, 4.69) is 6.58 Å². The Kier molecular flexibility index (Phi) is 7.29. The van der Waals surface area contributed by atoms with E-state index in [9.17, 15) is 19.1 Å². The number of carbonyl (C=O) groups is 2. The van der Waals surface area contributed by atoms with Gasteiger partial charge in [0.15, 0.2) is 0 Å². The predicted octanol–water partition coefficient (Wildman–Crippen LogP) is 5.78. The molecule has 1 aliphatic rings. The third-order valence-corrected chi connectivity index (χ3v) is 5.99. The number of ether oxygens (including phenoxy) is 1. The molecule has 1 N–H and O–H groups in total. The molecule has 0 spiro atoms. The second-order valence-electron chi connectivity index (χ2n) is 9.47. The third-order valence-electron chi connectivity index (χ3n) is 5.76. The maximum Gasteiger partial charge on any atom is 0.417 e. The smallest absolute Gasteiger partial charge is 0.417 e. The van der Waals surface area contributed by atoms with Crippen LogP contribution in [0.2, 0.25) is 5.02 Å². The first-order valence-electron chi connectivity index (χ1n) is 10.8. The topological polar surface area (TPSA) is 66.8 Å². The molecule has 5 nitrogen and oxygen atoms in total. The van der Waals surface area contributed by atoms with Crippen molar-refractivity contribution in [1.29, 1.82) is 0 Å². The highest BCUT2D eigenvalue weighted by molar-refractivity contribution is 6.30. The maximum absolute atomic E-state index is 14.2. The minimum atomic E-state index is -1.10. The maximum atomic E-state index is 14.2. The summed E-state index contributed by atoms with van der Waals surface area (Å²) in [5.74, 6) is -0.830. The number of aliphatic hydroxyl groups excluding tert-OH is 1. The van der Waals surface area contributed by atoms with E-state index in [-0.39, 0.29) is 25.3 Å². The first kappa shape index (κ1) is 24.9. The molecule has 0 aromatic heterocycles. The van der Waals surface area contributed by atoms with Crippen LogP contribution in [0, 0.1) is 11.2 Å². The standard InChI is InChI=1S/C26H29ClFNO4/c1-5-12-26(16-30)15-20(29(23(26)31)24(32)33-25(2,3)4)13-17-6-8-18(9-7-17)21-14-19(27)10-11-22(21)28/h5-11,14,20,30H,1,12-13,15-16H2,2-4H3. The summed E-state index contributed by atoms with van der Waals surface area (Å²) in [6, 6.07) is 11.1. The molecule has 0 radical (unpaired) electrons. The Morgan fingerprint density at radius 1 is 1.30 bits per heavy atom. The summed E-state index contributed by atoms with van der Waals surface area (Å²) < 4.78 is 19.7. The summed E-state index contributed by atoms with van der Waals surface area (Å²) in [6.45, 7) is 8.52. The van der Waals surface area contributed by atoms with Gasteiger partial charge in [0.05, 0.1) is 12.0 Å². The highest BCUT2D eigenvalue weighted by atomic mass is 35.5. The van der Waals surface area contributed by atoms with E-state index >= 15 is 0 Å². The number of rotatable bonds is 6. The van der Waals surface area contributed by atoms with Crippen LogP contribution in [0.4, 0.5) is 9.18 Å². The van der Waals surface area contributed by atoms with Crippen molar-refractivity contribution in [2.45, 2.75) is 51.7 Å². The Labute approximate surface area is 198 Å². The Morgan fingerprint density at radius 3 is 2.55 bits per heavy atom. The van der Waals surface area contributed by atoms with Gasteiger partial charge in [0.1, 0.15) is 11.4 Å². The van der Waals surface area contributed by atoms with E-state index in [0.717, 1.165) is 10.5 Å². The van der Waals surface area contributed by atoms with Gasteiger partial charge < -0.3 is 9.84 Å². The first-order chi connectivity index (χ1) is 15.5. The Morgan fingerprint density at radius 2 is 1.97 bits per heavy atom. The second-order valence-corrected chi connectivity index (χ2v) is 9.91. The number of amides is 2. The normalized spacial score (nSPS) is 20.7. The van der Waals surface area contributed by atoms with Gasteiger partial charge in [-0.1, -0.05) is 41.9 Å². The number of allylic oxidation sites excluding steroid dienone is 1. The van der Waals surface area contributed by atoms with Crippen LogP contribution >= 0.6 is 11.6 Å². The molecular weight excluding hydrogens is 445 g/mol. The molecule has 1 saturated heterocycles. The van der Waals surface area contributed by atoms with Crippen molar-refractivity contribution in [2.24, 2.45) is 5.41 Å². The van der Waals surface area contributed by atoms with E-state index in [1.165, 1.54) is 12.1 Å². The SMILES string of the molecule is C=CCC1(CO)CC(Cc2ccc(-c3cc(Cl)ccc3F)cc2)N(C(=O)OC(C)(C)C)C1=O. The Hall–Kier alpha value is -2.70. The molecular formula is C26H29ClFNO4. The van der Waals surface area contributed by atoms with Crippen LogP contribution in [0.5, 0.6) is 0 Å². The minimum Gasteiger partial charge on any atom is -0.443 e. The van der Waals surface area contributed by atoms with Gasteiger partial charge in [-0.15, -0.1) is 6.58 Å². The molecule has 2 aromatic rings. The number of aliphatic hydroxyl groups is 1. The van der Waals surface area contributed by atoms with E-state index in [1.54, 1.807) is 45.0 Å². The monoisotopic (exact) mass is 473 g/mol. The average Bonchev–Trinajstić information content (AvgIpc) is 3.01. The Balaban J connectivity index is 1.88. The van der Waals surface area contributed by atoms with Crippen LogP contribution in [0.3, 0.4) is 0 Å². The zero-order valence-electron chi connectivity index (χ0n) is 19.1. The molecule has 3 rings (SSSR count). The number of nitrogens with zero attached hydrogens (tertiary/aromatic N) is 1. The molecule has 1 heterocycles. The van der Waals surface area contributed by atoms with Crippen molar-refractivity contribution in [1.82, 2.24) is 4.90 Å². The van der Waals surface area contributed by atoms with Crippen LogP contribution in [-0.4, -0.2) is 40.3 Å². The summed E-state index contributed by atoms with van der Waals surface area (Å²) in [5.41, 5.74) is 0.0490. The largest absolute Gasteiger partial charge is 0.443 e. The molecule has 1 fully saturated rings. The van der Waals surface area contributed by atoms with Gasteiger partial charge in [-0.25, -0.2) is 14.1 Å². The molecule has 0 aliphatic carbocycles. The molecule has 2 amide bonds. The van der Waals surface area contributed by atoms with Gasteiger partial charge in [0.2, 0.25) is 5.91 Å². The number of carbonyl (C=O) groups excluding carboxylic acids is 2. The fourth-order valence-corrected chi connectivity index (χ4v) is 4.38. The zero-order valence-corrected chi connectivity index (χ0v) is 19.9. The van der Waals surface area contributed by atoms with Crippen molar-refractivity contribution in [3.05, 3.63) is 71.5 Å². The zero-order chi connectivity index (χ0) is 24.4. The van der Waals surface area contributed by atoms with E-state index in [4.69, 9.17) is 16.3 Å². The van der Waals surface area contributed by atoms with Crippen LogP contribution in [-0.2, 0) is 16.0 Å². The lowest BCUT2D eigenvalue weighted by molar-refractivity contribution is -0.137. The molecule has 2 atom stereocenters. The number of benzene rings is 2. The molecule has 0 bridgehead atoms.